The molecule has 3 aromatic heterocycles. The topological polar surface area (TPSA) is 146 Å². The minimum absolute atomic E-state index is 0.00626. The van der Waals surface area contributed by atoms with Crippen molar-refractivity contribution in [3.63, 3.8) is 0 Å². The number of methoxy groups -OCH3 is 1. The van der Waals surface area contributed by atoms with Gasteiger partial charge in [-0.2, -0.15) is 20.3 Å². The zero-order chi connectivity index (χ0) is 36.6. The molecule has 2 aliphatic carbocycles. The minimum Gasteiger partial charge on any atom is -0.480 e. The fourth-order valence-corrected chi connectivity index (χ4v) is 9.42. The molecule has 1 aromatic carbocycles. The number of aliphatic hydroxyl groups is 1. The van der Waals surface area contributed by atoms with E-state index in [1.807, 2.05) is 19.9 Å². The number of piperidine rings is 1. The zero-order valence-corrected chi connectivity index (χ0v) is 31.2. The molecule has 278 valence electrons. The molecule has 7 rings (SSSR count). The second-order valence-corrected chi connectivity index (χ2v) is 15.1. The molecular weight excluding hydrogens is 687 g/mol. The standard InChI is InChI=1S/C38H48ClFN8O4/c1-5-37(20-41)13-10-24(18-37)48-14-8-12-38(11-7-9-27(38)48)21-52-36-44-33-29(34(45-36)47(22-49)15-16-51-6-2)35(50-4)43-32(31(33)40)28-25-19-42-46-26(25)17-23(3)30(28)39/h17,19,24,27,49H,5-16,18,21-22H2,1-4H3,(H,42,46). The predicted molar refractivity (Wildman–Crippen MR) is 197 cm³/mol. The van der Waals surface area contributed by atoms with Crippen molar-refractivity contribution in [3.8, 4) is 29.2 Å². The van der Waals surface area contributed by atoms with Crippen LogP contribution in [-0.2, 0) is 4.74 Å². The summed E-state index contributed by atoms with van der Waals surface area (Å²) in [5, 5.41) is 28.8. The van der Waals surface area contributed by atoms with E-state index in [1.165, 1.54) is 7.11 Å². The monoisotopic (exact) mass is 734 g/mol. The Morgan fingerprint density at radius 2 is 2.02 bits per heavy atom. The van der Waals surface area contributed by atoms with Crippen molar-refractivity contribution >= 4 is 39.2 Å². The third-order valence-electron chi connectivity index (χ3n) is 12.0. The normalized spacial score (nSPS) is 24.7. The summed E-state index contributed by atoms with van der Waals surface area (Å²) >= 11 is 6.84. The van der Waals surface area contributed by atoms with Crippen molar-refractivity contribution in [2.24, 2.45) is 10.8 Å². The fraction of sp³-hybridized carbons (Fsp3) is 0.605. The van der Waals surface area contributed by atoms with Crippen LogP contribution in [0.3, 0.4) is 0 Å². The maximum atomic E-state index is 17.1. The fourth-order valence-electron chi connectivity index (χ4n) is 9.17. The van der Waals surface area contributed by atoms with Gasteiger partial charge in [-0.1, -0.05) is 24.9 Å². The molecule has 1 saturated heterocycles. The van der Waals surface area contributed by atoms with Crippen molar-refractivity contribution in [1.82, 2.24) is 30.0 Å². The number of pyridine rings is 1. The molecule has 0 amide bonds. The number of aryl methyl sites for hydroxylation is 1. The van der Waals surface area contributed by atoms with Gasteiger partial charge in [0.05, 0.1) is 48.5 Å². The van der Waals surface area contributed by atoms with Crippen LogP contribution in [-0.4, -0.2) is 94.0 Å². The number of nitriles is 1. The molecular formula is C38H48ClFN8O4. The molecule has 4 aromatic rings. The van der Waals surface area contributed by atoms with E-state index in [2.05, 4.69) is 33.1 Å². The van der Waals surface area contributed by atoms with Crippen LogP contribution in [0.25, 0.3) is 33.1 Å². The number of halogens is 2. The van der Waals surface area contributed by atoms with E-state index in [0.29, 0.717) is 53.4 Å². The molecule has 52 heavy (non-hydrogen) atoms. The number of nitrogens with one attached hydrogen (secondary N) is 1. The number of aromatic nitrogens is 5. The first-order chi connectivity index (χ1) is 25.2. The first kappa shape index (κ1) is 36.5. The summed E-state index contributed by atoms with van der Waals surface area (Å²) in [4.78, 5) is 18.4. The highest BCUT2D eigenvalue weighted by atomic mass is 35.5. The molecule has 2 N–H and O–H groups in total. The molecule has 4 heterocycles. The molecule has 4 unspecified atom stereocenters. The molecule has 1 aliphatic heterocycles. The van der Waals surface area contributed by atoms with Crippen LogP contribution in [0.1, 0.15) is 77.2 Å². The van der Waals surface area contributed by atoms with Crippen LogP contribution in [0.2, 0.25) is 5.02 Å². The van der Waals surface area contributed by atoms with E-state index in [1.54, 1.807) is 11.1 Å². The van der Waals surface area contributed by atoms with Crippen LogP contribution < -0.4 is 14.4 Å². The third-order valence-corrected chi connectivity index (χ3v) is 12.5. The van der Waals surface area contributed by atoms with Crippen molar-refractivity contribution in [3.05, 3.63) is 28.7 Å². The Morgan fingerprint density at radius 1 is 1.19 bits per heavy atom. The van der Waals surface area contributed by atoms with Crippen LogP contribution in [0.5, 0.6) is 11.9 Å². The van der Waals surface area contributed by atoms with Crippen LogP contribution in [0, 0.1) is 34.9 Å². The van der Waals surface area contributed by atoms with E-state index >= 15 is 4.39 Å². The van der Waals surface area contributed by atoms with Crippen LogP contribution in [0.15, 0.2) is 12.3 Å². The summed E-state index contributed by atoms with van der Waals surface area (Å²) in [7, 11) is 1.45. The summed E-state index contributed by atoms with van der Waals surface area (Å²) < 4.78 is 35.1. The molecule has 12 nitrogen and oxygen atoms in total. The van der Waals surface area contributed by atoms with E-state index in [9.17, 15) is 10.4 Å². The van der Waals surface area contributed by atoms with Gasteiger partial charge in [0, 0.05) is 41.6 Å². The molecule has 3 fully saturated rings. The van der Waals surface area contributed by atoms with E-state index < -0.39 is 12.5 Å². The van der Waals surface area contributed by atoms with E-state index in [-0.39, 0.29) is 51.7 Å². The second-order valence-electron chi connectivity index (χ2n) is 14.7. The predicted octanol–water partition coefficient (Wildman–Crippen LogP) is 6.96. The van der Waals surface area contributed by atoms with Crippen molar-refractivity contribution in [2.75, 3.05) is 51.7 Å². The van der Waals surface area contributed by atoms with Gasteiger partial charge in [-0.15, -0.1) is 0 Å². The first-order valence-electron chi connectivity index (χ1n) is 18.5. The van der Waals surface area contributed by atoms with Gasteiger partial charge >= 0.3 is 6.01 Å². The number of hydrogen-bond donors (Lipinski definition) is 2. The molecule has 3 aliphatic rings. The summed E-state index contributed by atoms with van der Waals surface area (Å²) in [6.45, 7) is 7.91. The maximum Gasteiger partial charge on any atom is 0.319 e. The summed E-state index contributed by atoms with van der Waals surface area (Å²) in [5.41, 5.74) is 1.32. The lowest BCUT2D eigenvalue weighted by Gasteiger charge is -2.48. The molecule has 2 saturated carbocycles. The second kappa shape index (κ2) is 14.9. The van der Waals surface area contributed by atoms with Crippen LogP contribution in [0.4, 0.5) is 10.2 Å². The lowest BCUT2D eigenvalue weighted by Crippen LogP contribution is -2.55. The maximum absolute atomic E-state index is 17.1. The number of likely N-dealkylation sites (tertiary alicyclic amines) is 1. The summed E-state index contributed by atoms with van der Waals surface area (Å²) in [5.74, 6) is -0.419. The Labute approximate surface area is 308 Å². The number of aliphatic hydroxyl groups excluding tert-OH is 1. The molecule has 4 atom stereocenters. The van der Waals surface area contributed by atoms with Gasteiger partial charge in [0.25, 0.3) is 0 Å². The van der Waals surface area contributed by atoms with Crippen molar-refractivity contribution in [1.29, 1.82) is 5.26 Å². The molecule has 0 spiro atoms. The highest BCUT2D eigenvalue weighted by Gasteiger charge is 2.52. The van der Waals surface area contributed by atoms with Crippen molar-refractivity contribution in [2.45, 2.75) is 90.6 Å². The van der Waals surface area contributed by atoms with Gasteiger partial charge < -0.3 is 24.2 Å². The van der Waals surface area contributed by atoms with Gasteiger partial charge in [-0.25, -0.2) is 9.37 Å². The number of ether oxygens (including phenoxy) is 3. The highest BCUT2D eigenvalue weighted by molar-refractivity contribution is 6.35. The quantitative estimate of drug-likeness (QED) is 0.109. The summed E-state index contributed by atoms with van der Waals surface area (Å²) in [6, 6.07) is 5.22. The Balaban J connectivity index is 1.30. The van der Waals surface area contributed by atoms with Gasteiger partial charge in [0.2, 0.25) is 5.88 Å². The average Bonchev–Trinajstić information content (AvgIpc) is 3.93. The molecule has 0 radical (unpaired) electrons. The Kier molecular flexibility index (Phi) is 10.5. The van der Waals surface area contributed by atoms with E-state index in [0.717, 1.165) is 69.9 Å². The van der Waals surface area contributed by atoms with Gasteiger partial charge in [0.15, 0.2) is 11.6 Å². The number of anilines is 1. The lowest BCUT2D eigenvalue weighted by atomic mass is 9.74. The third kappa shape index (κ3) is 6.31. The smallest absolute Gasteiger partial charge is 0.319 e. The Bertz CT molecular complexity index is 1990. The van der Waals surface area contributed by atoms with E-state index in [4.69, 9.17) is 35.8 Å². The number of H-pyrrole nitrogens is 1. The van der Waals surface area contributed by atoms with Crippen molar-refractivity contribution < 1.29 is 23.7 Å². The SMILES string of the molecule is CCOCCN(CO)c1nc(OCC23CCCC2N(C2CCC(C#N)(CC)C2)CCC3)nc2c(F)c(-c3c(Cl)c(C)cc4[nH]ncc34)nc(OC)c12. The number of hydrogen-bond acceptors (Lipinski definition) is 11. The first-order valence-corrected chi connectivity index (χ1v) is 18.9. The number of nitrogens with zero attached hydrogens (tertiary/aromatic N) is 7. The van der Waals surface area contributed by atoms with Gasteiger partial charge in [-0.05, 0) is 83.4 Å². The van der Waals surface area contributed by atoms with Gasteiger partial charge in [-0.3, -0.25) is 10.00 Å². The summed E-state index contributed by atoms with van der Waals surface area (Å²) in [6.07, 6.45) is 10.6. The number of benzene rings is 1. The zero-order valence-electron chi connectivity index (χ0n) is 30.5. The van der Waals surface area contributed by atoms with Gasteiger partial charge in [0.1, 0.15) is 23.3 Å². The Hall–Kier alpha value is -3.83. The lowest BCUT2D eigenvalue weighted by molar-refractivity contribution is -0.0228. The minimum atomic E-state index is -0.721. The average molecular weight is 735 g/mol. The highest BCUT2D eigenvalue weighted by Crippen LogP contribution is 2.52. The number of rotatable bonds is 13. The molecule has 14 heteroatoms. The van der Waals surface area contributed by atoms with Crippen LogP contribution >= 0.6 is 11.6 Å². The Morgan fingerprint density at radius 3 is 2.75 bits per heavy atom. The number of fused-ring (bicyclic) bond motifs is 3. The molecule has 0 bridgehead atoms. The largest absolute Gasteiger partial charge is 0.480 e. The number of aromatic amines is 1.